The van der Waals surface area contributed by atoms with Crippen LogP contribution in [-0.2, 0) is 4.79 Å². The lowest BCUT2D eigenvalue weighted by Crippen LogP contribution is -2.48. The molecule has 2 saturated heterocycles. The molecule has 0 saturated carbocycles. The van der Waals surface area contributed by atoms with Gasteiger partial charge < -0.3 is 20.3 Å². The Morgan fingerprint density at radius 3 is 2.39 bits per heavy atom. The number of methoxy groups -OCH3 is 1. The van der Waals surface area contributed by atoms with Crippen LogP contribution >= 0.6 is 0 Å². The first-order valence-corrected chi connectivity index (χ1v) is 11.7. The summed E-state index contributed by atoms with van der Waals surface area (Å²) >= 11 is 0. The Hall–Kier alpha value is -2.28. The topological polar surface area (TPSA) is 69.2 Å². The van der Waals surface area contributed by atoms with Crippen LogP contribution < -0.4 is 15.4 Å². The van der Waals surface area contributed by atoms with Crippen molar-refractivity contribution in [3.63, 3.8) is 0 Å². The highest BCUT2D eigenvalue weighted by molar-refractivity contribution is 5.80. The zero-order valence-corrected chi connectivity index (χ0v) is 19.4. The Kier molecular flexibility index (Phi) is 9.00. The van der Waals surface area contributed by atoms with Gasteiger partial charge in [-0.1, -0.05) is 18.6 Å². The quantitative estimate of drug-likeness (QED) is 0.515. The molecule has 2 heterocycles. The summed E-state index contributed by atoms with van der Waals surface area (Å²) in [6.07, 6.45) is 6.54. The molecule has 7 heteroatoms. The van der Waals surface area contributed by atoms with E-state index in [1.807, 2.05) is 7.05 Å². The van der Waals surface area contributed by atoms with Crippen molar-refractivity contribution in [3.8, 4) is 5.75 Å². The number of aliphatic imine (C=N–C) groups is 1. The molecule has 2 fully saturated rings. The average Bonchev–Trinajstić information content (AvgIpc) is 2.83. The van der Waals surface area contributed by atoms with E-state index in [1.54, 1.807) is 14.2 Å². The van der Waals surface area contributed by atoms with Crippen molar-refractivity contribution in [3.05, 3.63) is 29.8 Å². The maximum absolute atomic E-state index is 11.7. The van der Waals surface area contributed by atoms with E-state index in [4.69, 9.17) is 4.74 Å². The number of amides is 1. The Morgan fingerprint density at radius 1 is 1.13 bits per heavy atom. The predicted octanol–water partition coefficient (Wildman–Crippen LogP) is 2.65. The normalized spacial score (nSPS) is 19.7. The van der Waals surface area contributed by atoms with Gasteiger partial charge >= 0.3 is 0 Å². The van der Waals surface area contributed by atoms with Crippen molar-refractivity contribution in [2.45, 2.75) is 44.6 Å². The smallest absolute Gasteiger partial charge is 0.220 e. The third-order valence-corrected chi connectivity index (χ3v) is 6.66. The number of guanidine groups is 1. The second-order valence-electron chi connectivity index (χ2n) is 8.62. The number of benzene rings is 1. The third kappa shape index (κ3) is 6.60. The molecular weight excluding hydrogens is 390 g/mol. The van der Waals surface area contributed by atoms with Crippen LogP contribution in [0.25, 0.3) is 0 Å². The molecule has 2 aliphatic heterocycles. The maximum atomic E-state index is 11.7. The van der Waals surface area contributed by atoms with E-state index < -0.39 is 0 Å². The predicted molar refractivity (Wildman–Crippen MR) is 126 cm³/mol. The van der Waals surface area contributed by atoms with E-state index in [-0.39, 0.29) is 5.91 Å². The maximum Gasteiger partial charge on any atom is 0.220 e. The van der Waals surface area contributed by atoms with E-state index >= 15 is 0 Å². The second kappa shape index (κ2) is 11.9. The lowest BCUT2D eigenvalue weighted by atomic mass is 9.93. The zero-order chi connectivity index (χ0) is 22.1. The van der Waals surface area contributed by atoms with Gasteiger partial charge in [-0.2, -0.15) is 0 Å². The fourth-order valence-electron chi connectivity index (χ4n) is 4.75. The number of carbonyl (C=O) groups excluding carboxylic acids is 1. The van der Waals surface area contributed by atoms with Crippen LogP contribution in [-0.4, -0.2) is 75.6 Å². The Morgan fingerprint density at radius 2 is 1.81 bits per heavy atom. The molecule has 0 bridgehead atoms. The minimum atomic E-state index is 0.143. The van der Waals surface area contributed by atoms with Crippen LogP contribution in [0.5, 0.6) is 5.75 Å². The van der Waals surface area contributed by atoms with Gasteiger partial charge in [-0.05, 0) is 62.4 Å². The number of hydrogen-bond acceptors (Lipinski definition) is 4. The summed E-state index contributed by atoms with van der Waals surface area (Å²) in [4.78, 5) is 21.2. The van der Waals surface area contributed by atoms with Crippen molar-refractivity contribution >= 4 is 11.9 Å². The number of ether oxygens (including phenoxy) is 1. The molecule has 0 radical (unpaired) electrons. The van der Waals surface area contributed by atoms with Crippen molar-refractivity contribution < 1.29 is 9.53 Å². The van der Waals surface area contributed by atoms with Crippen molar-refractivity contribution in [2.75, 3.05) is 53.9 Å². The van der Waals surface area contributed by atoms with E-state index in [0.717, 1.165) is 57.3 Å². The van der Waals surface area contributed by atoms with Crippen LogP contribution in [0.15, 0.2) is 29.3 Å². The number of piperidine rings is 2. The number of carbonyl (C=O) groups is 1. The van der Waals surface area contributed by atoms with Gasteiger partial charge in [-0.15, -0.1) is 0 Å². The molecule has 0 aromatic heterocycles. The highest BCUT2D eigenvalue weighted by Gasteiger charge is 2.26. The Bertz CT molecular complexity index is 707. The number of nitrogens with zero attached hydrogens (tertiary/aromatic N) is 3. The molecule has 1 amide bonds. The monoisotopic (exact) mass is 429 g/mol. The first kappa shape index (κ1) is 23.4. The summed E-state index contributed by atoms with van der Waals surface area (Å²) in [5, 5.41) is 6.40. The van der Waals surface area contributed by atoms with Gasteiger partial charge in [0.05, 0.1) is 13.2 Å². The Balaban J connectivity index is 1.60. The van der Waals surface area contributed by atoms with Crippen LogP contribution in [0.3, 0.4) is 0 Å². The first-order chi connectivity index (χ1) is 15.1. The average molecular weight is 430 g/mol. The highest BCUT2D eigenvalue weighted by Crippen LogP contribution is 2.26. The summed E-state index contributed by atoms with van der Waals surface area (Å²) in [6, 6.07) is 8.80. The van der Waals surface area contributed by atoms with E-state index in [1.165, 1.54) is 24.8 Å². The highest BCUT2D eigenvalue weighted by atomic mass is 16.5. The molecule has 3 rings (SSSR count). The molecule has 1 unspecified atom stereocenters. The summed E-state index contributed by atoms with van der Waals surface area (Å²) in [5.74, 6) is 2.47. The number of nitrogens with one attached hydrogen (secondary N) is 2. The second-order valence-corrected chi connectivity index (χ2v) is 8.62. The van der Waals surface area contributed by atoms with Gasteiger partial charge in [-0.3, -0.25) is 14.7 Å². The standard InChI is InChI=1S/C24H39N5O2/c1-25-23(30)17-19-11-15-29(16-12-19)24(26-2)27-18-22(28-13-5-4-6-14-28)20-7-9-21(31-3)10-8-20/h7-10,19,22H,4-6,11-18H2,1-3H3,(H,25,30)(H,26,27). The fraction of sp³-hybridized carbons (Fsp3) is 0.667. The summed E-state index contributed by atoms with van der Waals surface area (Å²) in [7, 11) is 5.29. The molecule has 0 aliphatic carbocycles. The van der Waals surface area contributed by atoms with E-state index in [2.05, 4.69) is 49.7 Å². The molecule has 0 spiro atoms. The van der Waals surface area contributed by atoms with Crippen LogP contribution in [0, 0.1) is 5.92 Å². The molecule has 7 nitrogen and oxygen atoms in total. The first-order valence-electron chi connectivity index (χ1n) is 11.7. The fourth-order valence-corrected chi connectivity index (χ4v) is 4.75. The largest absolute Gasteiger partial charge is 0.497 e. The summed E-state index contributed by atoms with van der Waals surface area (Å²) in [6.45, 7) is 5.00. The minimum Gasteiger partial charge on any atom is -0.497 e. The molecule has 172 valence electrons. The van der Waals surface area contributed by atoms with Gasteiger partial charge in [-0.25, -0.2) is 0 Å². The van der Waals surface area contributed by atoms with Crippen LogP contribution in [0.2, 0.25) is 0 Å². The van der Waals surface area contributed by atoms with Crippen molar-refractivity contribution in [1.82, 2.24) is 20.4 Å². The van der Waals surface area contributed by atoms with Crippen molar-refractivity contribution in [1.29, 1.82) is 0 Å². The third-order valence-electron chi connectivity index (χ3n) is 6.66. The molecule has 31 heavy (non-hydrogen) atoms. The lowest BCUT2D eigenvalue weighted by molar-refractivity contribution is -0.121. The number of rotatable bonds is 7. The lowest BCUT2D eigenvalue weighted by Gasteiger charge is -2.37. The summed E-state index contributed by atoms with van der Waals surface area (Å²) < 4.78 is 5.35. The van der Waals surface area contributed by atoms with Gasteiger partial charge in [0.25, 0.3) is 0 Å². The molecule has 1 atom stereocenters. The number of hydrogen-bond donors (Lipinski definition) is 2. The molecule has 2 aliphatic rings. The van der Waals surface area contributed by atoms with E-state index in [9.17, 15) is 4.79 Å². The van der Waals surface area contributed by atoms with E-state index in [0.29, 0.717) is 18.4 Å². The number of likely N-dealkylation sites (tertiary alicyclic amines) is 2. The SMILES string of the molecule is CN=C(NCC(c1ccc(OC)cc1)N1CCCCC1)N1CCC(CC(=O)NC)CC1. The molecular formula is C24H39N5O2. The Labute approximate surface area is 187 Å². The van der Waals surface area contributed by atoms with Gasteiger partial charge in [0.15, 0.2) is 5.96 Å². The van der Waals surface area contributed by atoms with Crippen LogP contribution in [0.4, 0.5) is 0 Å². The molecule has 1 aromatic carbocycles. The molecule has 2 N–H and O–H groups in total. The van der Waals surface area contributed by atoms with Gasteiger partial charge in [0.2, 0.25) is 5.91 Å². The molecule has 1 aromatic rings. The minimum absolute atomic E-state index is 0.143. The van der Waals surface area contributed by atoms with Crippen LogP contribution in [0.1, 0.15) is 50.1 Å². The van der Waals surface area contributed by atoms with Gasteiger partial charge in [0, 0.05) is 40.2 Å². The van der Waals surface area contributed by atoms with Gasteiger partial charge in [0.1, 0.15) is 5.75 Å². The zero-order valence-electron chi connectivity index (χ0n) is 19.4. The van der Waals surface area contributed by atoms with Crippen molar-refractivity contribution in [2.24, 2.45) is 10.9 Å². The summed E-state index contributed by atoms with van der Waals surface area (Å²) in [5.41, 5.74) is 1.31.